The second kappa shape index (κ2) is 6.57. The molecule has 0 aliphatic heterocycles. The van der Waals surface area contributed by atoms with Gasteiger partial charge < -0.3 is 0 Å². The lowest BCUT2D eigenvalue weighted by Gasteiger charge is -2.02. The maximum atomic E-state index is 5.00. The predicted molar refractivity (Wildman–Crippen MR) is 58.6 cm³/mol. The average molecular weight is 193 g/mol. The van der Waals surface area contributed by atoms with Crippen molar-refractivity contribution in [3.8, 4) is 0 Å². The van der Waals surface area contributed by atoms with Crippen molar-refractivity contribution in [3.05, 3.63) is 35.4 Å². The molecule has 1 rings (SSSR count). The minimum absolute atomic E-state index is 0.495. The predicted octanol–water partition coefficient (Wildman–Crippen LogP) is 2.81. The molecule has 0 spiro atoms. The summed E-state index contributed by atoms with van der Waals surface area (Å²) in [7, 11) is 0. The second-order valence-electron chi connectivity index (χ2n) is 3.58. The van der Waals surface area contributed by atoms with Crippen molar-refractivity contribution >= 4 is 0 Å². The van der Waals surface area contributed by atoms with E-state index in [2.05, 4.69) is 36.0 Å². The first-order valence-electron chi connectivity index (χ1n) is 5.26. The molecule has 0 fully saturated rings. The Hall–Kier alpha value is -0.860. The number of nitrogens with two attached hydrogens (primary N) is 1. The Kier molecular flexibility index (Phi) is 5.27. The summed E-state index contributed by atoms with van der Waals surface area (Å²) in [5.41, 5.74) is 2.53. The number of aryl methyl sites for hydroxylation is 1. The molecule has 2 N–H and O–H groups in total. The highest BCUT2D eigenvalue weighted by Crippen LogP contribution is 2.09. The number of unbranched alkanes of at least 4 members (excludes halogenated alkanes) is 2. The van der Waals surface area contributed by atoms with Crippen molar-refractivity contribution in [2.75, 3.05) is 0 Å². The van der Waals surface area contributed by atoms with Crippen LogP contribution in [0.25, 0.3) is 0 Å². The molecule has 0 aromatic heterocycles. The summed E-state index contributed by atoms with van der Waals surface area (Å²) >= 11 is 0. The van der Waals surface area contributed by atoms with Gasteiger partial charge in [-0.2, -0.15) is 0 Å². The van der Waals surface area contributed by atoms with Gasteiger partial charge in [-0.05, 0) is 24.0 Å². The van der Waals surface area contributed by atoms with Gasteiger partial charge in [0.25, 0.3) is 0 Å². The molecule has 0 heterocycles. The summed E-state index contributed by atoms with van der Waals surface area (Å²) < 4.78 is 0. The van der Waals surface area contributed by atoms with Gasteiger partial charge in [0.1, 0.15) is 0 Å². The highest BCUT2D eigenvalue weighted by molar-refractivity contribution is 5.22. The highest BCUT2D eigenvalue weighted by atomic mass is 16.6. The Morgan fingerprint density at radius 2 is 1.71 bits per heavy atom. The van der Waals surface area contributed by atoms with Crippen molar-refractivity contribution in [1.82, 2.24) is 0 Å². The Morgan fingerprint density at radius 3 is 2.29 bits per heavy atom. The van der Waals surface area contributed by atoms with Gasteiger partial charge in [-0.1, -0.05) is 44.0 Å². The summed E-state index contributed by atoms with van der Waals surface area (Å²) in [6, 6.07) is 8.47. The molecule has 0 aliphatic carbocycles. The lowest BCUT2D eigenvalue weighted by Crippen LogP contribution is -1.98. The van der Waals surface area contributed by atoms with E-state index < -0.39 is 0 Å². The van der Waals surface area contributed by atoms with Crippen molar-refractivity contribution in [1.29, 1.82) is 0 Å². The number of benzene rings is 1. The van der Waals surface area contributed by atoms with E-state index in [-0.39, 0.29) is 0 Å². The largest absolute Gasteiger partial charge is 0.300 e. The molecular formula is C12H19NO. The topological polar surface area (TPSA) is 35.2 Å². The van der Waals surface area contributed by atoms with E-state index in [1.807, 2.05) is 0 Å². The van der Waals surface area contributed by atoms with Crippen LogP contribution in [0.4, 0.5) is 0 Å². The quantitative estimate of drug-likeness (QED) is 0.557. The molecule has 1 aromatic rings. The molecule has 2 heteroatoms. The van der Waals surface area contributed by atoms with Crippen LogP contribution in [-0.4, -0.2) is 0 Å². The standard InChI is InChI=1S/C12H19NO/c1-2-3-4-5-11-6-8-12(9-7-11)10-14-13/h6-9H,2-5,10,13H2,1H3. The Morgan fingerprint density at radius 1 is 1.07 bits per heavy atom. The van der Waals surface area contributed by atoms with Crippen molar-refractivity contribution < 1.29 is 4.84 Å². The zero-order chi connectivity index (χ0) is 10.2. The van der Waals surface area contributed by atoms with Crippen LogP contribution in [-0.2, 0) is 17.9 Å². The third-order valence-corrected chi connectivity index (χ3v) is 2.34. The van der Waals surface area contributed by atoms with Gasteiger partial charge in [-0.15, -0.1) is 0 Å². The lowest BCUT2D eigenvalue weighted by molar-refractivity contribution is 0.124. The van der Waals surface area contributed by atoms with Gasteiger partial charge in [-0.3, -0.25) is 4.84 Å². The molecule has 78 valence electrons. The molecule has 0 saturated carbocycles. The van der Waals surface area contributed by atoms with Crippen LogP contribution in [0.2, 0.25) is 0 Å². The highest BCUT2D eigenvalue weighted by Gasteiger charge is 1.94. The summed E-state index contributed by atoms with van der Waals surface area (Å²) in [5, 5.41) is 0. The van der Waals surface area contributed by atoms with Crippen LogP contribution < -0.4 is 5.90 Å². The summed E-state index contributed by atoms with van der Waals surface area (Å²) in [4.78, 5) is 4.57. The molecule has 0 unspecified atom stereocenters. The molecule has 0 atom stereocenters. The molecule has 1 aromatic carbocycles. The van der Waals surface area contributed by atoms with Crippen LogP contribution >= 0.6 is 0 Å². The SMILES string of the molecule is CCCCCc1ccc(CON)cc1. The maximum Gasteiger partial charge on any atom is 0.0930 e. The van der Waals surface area contributed by atoms with Crippen LogP contribution in [0, 0.1) is 0 Å². The number of rotatable bonds is 6. The molecule has 2 nitrogen and oxygen atoms in total. The Labute approximate surface area is 86.0 Å². The van der Waals surface area contributed by atoms with E-state index in [1.165, 1.54) is 31.2 Å². The maximum absolute atomic E-state index is 5.00. The normalized spacial score (nSPS) is 10.4. The summed E-state index contributed by atoms with van der Waals surface area (Å²) in [5.74, 6) is 5.00. The Bertz CT molecular complexity index is 243. The van der Waals surface area contributed by atoms with Crippen LogP contribution in [0.15, 0.2) is 24.3 Å². The van der Waals surface area contributed by atoms with E-state index in [1.54, 1.807) is 0 Å². The molecule has 0 aliphatic rings. The minimum atomic E-state index is 0.495. The third-order valence-electron chi connectivity index (χ3n) is 2.34. The fraction of sp³-hybridized carbons (Fsp3) is 0.500. The number of hydrogen-bond acceptors (Lipinski definition) is 2. The van der Waals surface area contributed by atoms with Gasteiger partial charge in [0.05, 0.1) is 6.61 Å². The average Bonchev–Trinajstić information content (AvgIpc) is 2.21. The summed E-state index contributed by atoms with van der Waals surface area (Å²) in [6.07, 6.45) is 5.05. The molecule has 0 saturated heterocycles. The van der Waals surface area contributed by atoms with Crippen molar-refractivity contribution in [2.24, 2.45) is 5.90 Å². The van der Waals surface area contributed by atoms with E-state index in [0.717, 1.165) is 5.56 Å². The van der Waals surface area contributed by atoms with Crippen LogP contribution in [0.3, 0.4) is 0 Å². The first-order valence-corrected chi connectivity index (χ1v) is 5.26. The molecule has 0 amide bonds. The monoisotopic (exact) mass is 193 g/mol. The van der Waals surface area contributed by atoms with E-state index in [4.69, 9.17) is 5.90 Å². The Balaban J connectivity index is 2.38. The van der Waals surface area contributed by atoms with Gasteiger partial charge in [-0.25, -0.2) is 5.90 Å². The fourth-order valence-electron chi connectivity index (χ4n) is 1.48. The first-order chi connectivity index (χ1) is 6.86. The zero-order valence-corrected chi connectivity index (χ0v) is 8.83. The second-order valence-corrected chi connectivity index (χ2v) is 3.58. The van der Waals surface area contributed by atoms with Gasteiger partial charge in [0, 0.05) is 0 Å². The molecule has 0 bridgehead atoms. The smallest absolute Gasteiger partial charge is 0.0930 e. The van der Waals surface area contributed by atoms with Crippen LogP contribution in [0.5, 0.6) is 0 Å². The van der Waals surface area contributed by atoms with Gasteiger partial charge >= 0.3 is 0 Å². The first kappa shape index (κ1) is 11.2. The molecule has 14 heavy (non-hydrogen) atoms. The fourth-order valence-corrected chi connectivity index (χ4v) is 1.48. The number of hydrogen-bond donors (Lipinski definition) is 1. The molecular weight excluding hydrogens is 174 g/mol. The van der Waals surface area contributed by atoms with E-state index in [9.17, 15) is 0 Å². The van der Waals surface area contributed by atoms with Crippen molar-refractivity contribution in [3.63, 3.8) is 0 Å². The van der Waals surface area contributed by atoms with E-state index in [0.29, 0.717) is 6.61 Å². The minimum Gasteiger partial charge on any atom is -0.300 e. The van der Waals surface area contributed by atoms with Crippen molar-refractivity contribution in [2.45, 2.75) is 39.2 Å². The molecule has 0 radical (unpaired) electrons. The van der Waals surface area contributed by atoms with Crippen LogP contribution in [0.1, 0.15) is 37.3 Å². The zero-order valence-electron chi connectivity index (χ0n) is 8.83. The summed E-state index contributed by atoms with van der Waals surface area (Å²) in [6.45, 7) is 2.72. The van der Waals surface area contributed by atoms with E-state index >= 15 is 0 Å². The third kappa shape index (κ3) is 3.90. The van der Waals surface area contributed by atoms with Gasteiger partial charge in [0.2, 0.25) is 0 Å². The van der Waals surface area contributed by atoms with Gasteiger partial charge in [0.15, 0.2) is 0 Å². The lowest BCUT2D eigenvalue weighted by atomic mass is 10.1.